The van der Waals surface area contributed by atoms with Crippen molar-refractivity contribution < 1.29 is 9.52 Å². The van der Waals surface area contributed by atoms with Crippen LogP contribution in [0.3, 0.4) is 0 Å². The quantitative estimate of drug-likeness (QED) is 0.652. The maximum atomic E-state index is 12.1. The minimum Gasteiger partial charge on any atom is -0.436 e. The minimum atomic E-state index is -0.447. The molecular formula is C11H12N4O4. The standard InChI is InChI=1S/C11H12N4O4/c1-13-9(17)7-8-6(5-15(12-8)3-4-16)19-10(7)14(2)11(13)18/h5,16H,3-4H2,1-2H3. The zero-order valence-corrected chi connectivity index (χ0v) is 10.5. The number of hydrogen-bond acceptors (Lipinski definition) is 5. The number of hydrogen-bond donors (Lipinski definition) is 1. The molecule has 100 valence electrons. The fourth-order valence-corrected chi connectivity index (χ4v) is 2.12. The largest absolute Gasteiger partial charge is 0.436 e. The van der Waals surface area contributed by atoms with Crippen molar-refractivity contribution in [3.63, 3.8) is 0 Å². The molecule has 0 aliphatic rings. The van der Waals surface area contributed by atoms with Crippen molar-refractivity contribution in [2.45, 2.75) is 6.54 Å². The average molecular weight is 264 g/mol. The highest BCUT2D eigenvalue weighted by molar-refractivity contribution is 6.00. The van der Waals surface area contributed by atoms with E-state index in [0.717, 1.165) is 4.57 Å². The van der Waals surface area contributed by atoms with Gasteiger partial charge in [0.25, 0.3) is 5.56 Å². The Kier molecular flexibility index (Phi) is 2.36. The second kappa shape index (κ2) is 3.82. The summed E-state index contributed by atoms with van der Waals surface area (Å²) in [5.74, 6) is 0. The van der Waals surface area contributed by atoms with Gasteiger partial charge in [-0.2, -0.15) is 5.10 Å². The highest BCUT2D eigenvalue weighted by atomic mass is 16.3. The van der Waals surface area contributed by atoms with E-state index in [1.807, 2.05) is 0 Å². The molecule has 0 saturated heterocycles. The van der Waals surface area contributed by atoms with Gasteiger partial charge in [-0.25, -0.2) is 4.79 Å². The first-order chi connectivity index (χ1) is 9.04. The first kappa shape index (κ1) is 11.7. The molecule has 0 unspecified atom stereocenters. The highest BCUT2D eigenvalue weighted by Gasteiger charge is 2.19. The number of aromatic nitrogens is 4. The summed E-state index contributed by atoms with van der Waals surface area (Å²) in [4.78, 5) is 23.9. The number of rotatable bonds is 2. The highest BCUT2D eigenvalue weighted by Crippen LogP contribution is 2.23. The van der Waals surface area contributed by atoms with Gasteiger partial charge in [0, 0.05) is 14.1 Å². The Morgan fingerprint density at radius 3 is 2.74 bits per heavy atom. The van der Waals surface area contributed by atoms with Crippen LogP contribution in [0.25, 0.3) is 22.2 Å². The Balaban J connectivity index is 2.49. The van der Waals surface area contributed by atoms with Crippen LogP contribution in [0, 0.1) is 0 Å². The maximum Gasteiger partial charge on any atom is 0.333 e. The number of aliphatic hydroxyl groups excluding tert-OH is 1. The molecule has 3 aromatic rings. The van der Waals surface area contributed by atoms with E-state index >= 15 is 0 Å². The van der Waals surface area contributed by atoms with Gasteiger partial charge in [-0.3, -0.25) is 18.6 Å². The van der Waals surface area contributed by atoms with E-state index in [0.29, 0.717) is 17.6 Å². The Morgan fingerprint density at radius 1 is 1.32 bits per heavy atom. The van der Waals surface area contributed by atoms with Crippen molar-refractivity contribution in [1.82, 2.24) is 18.9 Å². The van der Waals surface area contributed by atoms with Crippen LogP contribution in [0.5, 0.6) is 0 Å². The first-order valence-electron chi connectivity index (χ1n) is 5.71. The summed E-state index contributed by atoms with van der Waals surface area (Å²) in [6, 6.07) is 0. The zero-order chi connectivity index (χ0) is 13.7. The Hall–Kier alpha value is -2.35. The molecular weight excluding hydrogens is 252 g/mol. The number of aliphatic hydroxyl groups is 1. The van der Waals surface area contributed by atoms with Crippen LogP contribution in [0.4, 0.5) is 0 Å². The molecule has 0 atom stereocenters. The molecule has 0 fully saturated rings. The smallest absolute Gasteiger partial charge is 0.333 e. The predicted molar refractivity (Wildman–Crippen MR) is 67.1 cm³/mol. The van der Waals surface area contributed by atoms with Crippen LogP contribution in [0.1, 0.15) is 0 Å². The van der Waals surface area contributed by atoms with Gasteiger partial charge >= 0.3 is 5.69 Å². The topological polar surface area (TPSA) is 95.2 Å². The van der Waals surface area contributed by atoms with Gasteiger partial charge in [0.2, 0.25) is 5.71 Å². The Labute approximate surface area is 106 Å². The number of aryl methyl sites for hydroxylation is 1. The van der Waals surface area contributed by atoms with Crippen LogP contribution < -0.4 is 11.2 Å². The van der Waals surface area contributed by atoms with Crippen molar-refractivity contribution in [1.29, 1.82) is 0 Å². The lowest BCUT2D eigenvalue weighted by Crippen LogP contribution is -2.36. The lowest BCUT2D eigenvalue weighted by atomic mass is 10.3. The molecule has 8 nitrogen and oxygen atoms in total. The fourth-order valence-electron chi connectivity index (χ4n) is 2.12. The van der Waals surface area contributed by atoms with Crippen LogP contribution in [-0.2, 0) is 20.6 Å². The first-order valence-corrected chi connectivity index (χ1v) is 5.71. The molecule has 0 aliphatic heterocycles. The van der Waals surface area contributed by atoms with E-state index in [4.69, 9.17) is 9.52 Å². The Bertz CT molecular complexity index is 895. The predicted octanol–water partition coefficient (Wildman–Crippen LogP) is -0.828. The summed E-state index contributed by atoms with van der Waals surface area (Å²) in [6.07, 6.45) is 1.59. The van der Waals surface area contributed by atoms with Crippen molar-refractivity contribution in [3.8, 4) is 0 Å². The van der Waals surface area contributed by atoms with Crippen LogP contribution in [-0.4, -0.2) is 30.6 Å². The summed E-state index contributed by atoms with van der Waals surface area (Å²) in [6.45, 7) is 0.260. The van der Waals surface area contributed by atoms with Gasteiger partial charge in [-0.05, 0) is 0 Å². The second-order valence-corrected chi connectivity index (χ2v) is 4.32. The van der Waals surface area contributed by atoms with Gasteiger partial charge < -0.3 is 9.52 Å². The van der Waals surface area contributed by atoms with Crippen molar-refractivity contribution in [3.05, 3.63) is 27.0 Å². The SMILES string of the molecule is Cn1c(=O)c2c3nn(CCO)cc3oc2n(C)c1=O. The fraction of sp³-hybridized carbons (Fsp3) is 0.364. The van der Waals surface area contributed by atoms with Gasteiger partial charge in [-0.15, -0.1) is 0 Å². The van der Waals surface area contributed by atoms with E-state index in [2.05, 4.69) is 5.10 Å². The molecule has 0 saturated carbocycles. The van der Waals surface area contributed by atoms with E-state index in [1.165, 1.54) is 23.3 Å². The second-order valence-electron chi connectivity index (χ2n) is 4.32. The molecule has 1 N–H and O–H groups in total. The number of fused-ring (bicyclic) bond motifs is 3. The van der Waals surface area contributed by atoms with Gasteiger partial charge in [0.15, 0.2) is 5.58 Å². The molecule has 0 radical (unpaired) electrons. The number of nitrogens with zero attached hydrogens (tertiary/aromatic N) is 4. The third kappa shape index (κ3) is 1.46. The molecule has 0 spiro atoms. The van der Waals surface area contributed by atoms with E-state index in [9.17, 15) is 9.59 Å². The molecule has 0 aliphatic carbocycles. The van der Waals surface area contributed by atoms with Crippen LogP contribution in [0.2, 0.25) is 0 Å². The van der Waals surface area contributed by atoms with E-state index in [-0.39, 0.29) is 17.7 Å². The minimum absolute atomic E-state index is 0.0568. The normalized spacial score (nSPS) is 11.7. The lowest BCUT2D eigenvalue weighted by Gasteiger charge is -2.01. The van der Waals surface area contributed by atoms with Crippen molar-refractivity contribution >= 4 is 22.2 Å². The van der Waals surface area contributed by atoms with Gasteiger partial charge in [0.1, 0.15) is 10.9 Å². The van der Waals surface area contributed by atoms with Crippen molar-refractivity contribution in [2.24, 2.45) is 14.1 Å². The van der Waals surface area contributed by atoms with E-state index in [1.54, 1.807) is 6.20 Å². The molecule has 3 rings (SSSR count). The summed E-state index contributed by atoms with van der Waals surface area (Å²) in [5, 5.41) is 13.3. The number of furan rings is 1. The summed E-state index contributed by atoms with van der Waals surface area (Å²) < 4.78 is 9.30. The summed E-state index contributed by atoms with van der Waals surface area (Å²) in [5.41, 5.74) is 0.145. The third-order valence-corrected chi connectivity index (χ3v) is 3.11. The summed E-state index contributed by atoms with van der Waals surface area (Å²) >= 11 is 0. The molecule has 8 heteroatoms. The van der Waals surface area contributed by atoms with Crippen molar-refractivity contribution in [2.75, 3.05) is 6.61 Å². The molecule has 19 heavy (non-hydrogen) atoms. The third-order valence-electron chi connectivity index (χ3n) is 3.11. The molecule has 3 heterocycles. The monoisotopic (exact) mass is 264 g/mol. The lowest BCUT2D eigenvalue weighted by molar-refractivity contribution is 0.270. The van der Waals surface area contributed by atoms with Gasteiger partial charge in [0.05, 0.1) is 19.3 Å². The summed E-state index contributed by atoms with van der Waals surface area (Å²) in [7, 11) is 2.95. The maximum absolute atomic E-state index is 12.1. The van der Waals surface area contributed by atoms with Crippen LogP contribution in [0.15, 0.2) is 20.2 Å². The van der Waals surface area contributed by atoms with Crippen LogP contribution >= 0.6 is 0 Å². The molecule has 3 aromatic heterocycles. The van der Waals surface area contributed by atoms with Gasteiger partial charge in [-0.1, -0.05) is 0 Å². The molecule has 0 bridgehead atoms. The zero-order valence-electron chi connectivity index (χ0n) is 10.5. The molecule has 0 amide bonds. The Morgan fingerprint density at radius 2 is 2.05 bits per heavy atom. The average Bonchev–Trinajstić information content (AvgIpc) is 2.91. The molecule has 0 aromatic carbocycles. The van der Waals surface area contributed by atoms with E-state index < -0.39 is 11.2 Å².